The molecular weight excluding hydrogens is 412 g/mol. The van der Waals surface area contributed by atoms with Crippen LogP contribution in [-0.4, -0.2) is 49.2 Å². The van der Waals surface area contributed by atoms with Gasteiger partial charge in [-0.25, -0.2) is 4.98 Å². The summed E-state index contributed by atoms with van der Waals surface area (Å²) in [5.41, 5.74) is 8.35. The molecule has 8 nitrogen and oxygen atoms in total. The van der Waals surface area contributed by atoms with Crippen molar-refractivity contribution in [2.75, 3.05) is 19.0 Å². The van der Waals surface area contributed by atoms with Gasteiger partial charge in [0.15, 0.2) is 5.82 Å². The Balaban J connectivity index is 1.48. The zero-order chi connectivity index (χ0) is 22.4. The second-order valence-electron chi connectivity index (χ2n) is 8.04. The molecule has 33 heavy (non-hydrogen) atoms. The van der Waals surface area contributed by atoms with Crippen molar-refractivity contribution >= 4 is 27.6 Å². The minimum atomic E-state index is 0.692. The van der Waals surface area contributed by atoms with E-state index in [1.54, 1.807) is 18.6 Å². The molecule has 0 aliphatic rings. The maximum Gasteiger partial charge on any atom is 0.159 e. The van der Waals surface area contributed by atoms with Crippen LogP contribution in [0.2, 0.25) is 0 Å². The standard InChI is InChI=1S/C25H20N8/c1-33(2)18-11-17(13-27-14-18)16-3-4-20-19(12-16)23(32-31-20)25-29-21-7-10-28-22(24(21)30-25)15-5-8-26-9-6-15/h3-14H,1-2H3,(H,29,30)(H,31,32). The van der Waals surface area contributed by atoms with Gasteiger partial charge in [0.1, 0.15) is 11.2 Å². The first-order valence-corrected chi connectivity index (χ1v) is 10.5. The highest BCUT2D eigenvalue weighted by atomic mass is 15.1. The van der Waals surface area contributed by atoms with E-state index in [1.165, 1.54) is 0 Å². The summed E-state index contributed by atoms with van der Waals surface area (Å²) >= 11 is 0. The van der Waals surface area contributed by atoms with E-state index in [2.05, 4.69) is 48.3 Å². The molecule has 0 unspecified atom stereocenters. The normalized spacial score (nSPS) is 11.3. The number of aromatic amines is 2. The van der Waals surface area contributed by atoms with Crippen LogP contribution in [0.1, 0.15) is 0 Å². The number of nitrogens with zero attached hydrogens (tertiary/aromatic N) is 6. The van der Waals surface area contributed by atoms with E-state index in [9.17, 15) is 0 Å². The molecule has 1 aromatic carbocycles. The predicted octanol–water partition coefficient (Wildman–Crippen LogP) is 4.69. The molecule has 0 saturated carbocycles. The molecule has 0 aliphatic heterocycles. The number of nitrogens with one attached hydrogen (secondary N) is 2. The third-order valence-electron chi connectivity index (χ3n) is 5.72. The lowest BCUT2D eigenvalue weighted by molar-refractivity contribution is 1.11. The summed E-state index contributed by atoms with van der Waals surface area (Å²) in [4.78, 5) is 23.4. The molecule has 6 aromatic rings. The maximum atomic E-state index is 4.88. The van der Waals surface area contributed by atoms with Crippen LogP contribution < -0.4 is 4.90 Å². The van der Waals surface area contributed by atoms with Gasteiger partial charge in [0.25, 0.3) is 0 Å². The number of hydrogen-bond donors (Lipinski definition) is 2. The monoisotopic (exact) mass is 432 g/mol. The molecule has 0 radical (unpaired) electrons. The SMILES string of the molecule is CN(C)c1cncc(-c2ccc3[nH]nc(-c4nc5c(-c6ccncc6)nccc5[nH]4)c3c2)c1. The van der Waals surface area contributed by atoms with Crippen LogP contribution in [0.25, 0.3) is 55.8 Å². The van der Waals surface area contributed by atoms with Crippen LogP contribution in [0.5, 0.6) is 0 Å². The van der Waals surface area contributed by atoms with Crippen LogP contribution in [0.3, 0.4) is 0 Å². The lowest BCUT2D eigenvalue weighted by atomic mass is 10.0. The van der Waals surface area contributed by atoms with Crippen molar-refractivity contribution in [3.63, 3.8) is 0 Å². The Hall–Kier alpha value is -4.59. The van der Waals surface area contributed by atoms with Crippen molar-refractivity contribution in [3.8, 4) is 33.9 Å². The van der Waals surface area contributed by atoms with Crippen molar-refractivity contribution in [2.24, 2.45) is 0 Å². The molecule has 6 rings (SSSR count). The number of rotatable bonds is 4. The number of hydrogen-bond acceptors (Lipinski definition) is 6. The van der Waals surface area contributed by atoms with Crippen molar-refractivity contribution in [1.29, 1.82) is 0 Å². The van der Waals surface area contributed by atoms with Gasteiger partial charge in [0.2, 0.25) is 0 Å². The van der Waals surface area contributed by atoms with Crippen molar-refractivity contribution in [3.05, 3.63) is 73.4 Å². The number of benzene rings is 1. The van der Waals surface area contributed by atoms with Gasteiger partial charge >= 0.3 is 0 Å². The largest absolute Gasteiger partial charge is 0.376 e. The fourth-order valence-corrected chi connectivity index (χ4v) is 3.97. The third kappa shape index (κ3) is 3.28. The van der Waals surface area contributed by atoms with Gasteiger partial charge < -0.3 is 9.88 Å². The fourth-order valence-electron chi connectivity index (χ4n) is 3.97. The Morgan fingerprint density at radius 2 is 1.64 bits per heavy atom. The molecular formula is C25H20N8. The highest BCUT2D eigenvalue weighted by Crippen LogP contribution is 2.32. The Kier molecular flexibility index (Phi) is 4.36. The molecule has 0 aliphatic carbocycles. The van der Waals surface area contributed by atoms with E-state index in [0.29, 0.717) is 5.82 Å². The number of imidazole rings is 1. The second-order valence-corrected chi connectivity index (χ2v) is 8.04. The molecule has 0 amide bonds. The average molecular weight is 432 g/mol. The van der Waals surface area contributed by atoms with Gasteiger partial charge in [-0.1, -0.05) is 6.07 Å². The van der Waals surface area contributed by atoms with Gasteiger partial charge in [-0.15, -0.1) is 0 Å². The maximum absolute atomic E-state index is 4.88. The number of aromatic nitrogens is 7. The van der Waals surface area contributed by atoms with Crippen molar-refractivity contribution < 1.29 is 0 Å². The highest BCUT2D eigenvalue weighted by molar-refractivity contribution is 5.97. The summed E-state index contributed by atoms with van der Waals surface area (Å²) in [6.45, 7) is 0. The van der Waals surface area contributed by atoms with E-state index in [-0.39, 0.29) is 0 Å². The lowest BCUT2D eigenvalue weighted by Gasteiger charge is -2.13. The summed E-state index contributed by atoms with van der Waals surface area (Å²) in [6, 6.07) is 14.2. The van der Waals surface area contributed by atoms with E-state index < -0.39 is 0 Å². The molecule has 0 saturated heterocycles. The molecule has 0 bridgehead atoms. The Morgan fingerprint density at radius 1 is 0.758 bits per heavy atom. The summed E-state index contributed by atoms with van der Waals surface area (Å²) in [7, 11) is 4.02. The van der Waals surface area contributed by atoms with Crippen LogP contribution in [0.15, 0.2) is 73.4 Å². The first-order valence-electron chi connectivity index (χ1n) is 10.5. The number of fused-ring (bicyclic) bond motifs is 2. The fraction of sp³-hybridized carbons (Fsp3) is 0.0800. The Bertz CT molecular complexity index is 1600. The topological polar surface area (TPSA) is 99.3 Å². The zero-order valence-electron chi connectivity index (χ0n) is 18.1. The van der Waals surface area contributed by atoms with Crippen LogP contribution >= 0.6 is 0 Å². The first-order chi connectivity index (χ1) is 16.2. The zero-order valence-corrected chi connectivity index (χ0v) is 18.1. The second kappa shape index (κ2) is 7.52. The van der Waals surface area contributed by atoms with E-state index >= 15 is 0 Å². The molecule has 0 spiro atoms. The van der Waals surface area contributed by atoms with E-state index in [4.69, 9.17) is 4.98 Å². The van der Waals surface area contributed by atoms with Gasteiger partial charge in [0, 0.05) is 55.4 Å². The number of H-pyrrole nitrogens is 2. The third-order valence-corrected chi connectivity index (χ3v) is 5.72. The Labute approximate surface area is 189 Å². The minimum absolute atomic E-state index is 0.692. The van der Waals surface area contributed by atoms with E-state index in [1.807, 2.05) is 55.7 Å². The summed E-state index contributed by atoms with van der Waals surface area (Å²) in [6.07, 6.45) is 9.03. The summed E-state index contributed by atoms with van der Waals surface area (Å²) in [5, 5.41) is 8.68. The lowest BCUT2D eigenvalue weighted by Crippen LogP contribution is -2.08. The van der Waals surface area contributed by atoms with Crippen molar-refractivity contribution in [2.45, 2.75) is 0 Å². The van der Waals surface area contributed by atoms with Gasteiger partial charge in [-0.2, -0.15) is 5.10 Å². The average Bonchev–Trinajstić information content (AvgIpc) is 3.48. The van der Waals surface area contributed by atoms with Crippen LogP contribution in [0, 0.1) is 0 Å². The number of pyridine rings is 3. The molecule has 0 atom stereocenters. The number of anilines is 1. The molecule has 2 N–H and O–H groups in total. The van der Waals surface area contributed by atoms with Crippen molar-refractivity contribution in [1.82, 2.24) is 35.1 Å². The van der Waals surface area contributed by atoms with Gasteiger partial charge in [-0.3, -0.25) is 20.1 Å². The molecule has 5 aromatic heterocycles. The molecule has 8 heteroatoms. The van der Waals surface area contributed by atoms with E-state index in [0.717, 1.165) is 55.7 Å². The van der Waals surface area contributed by atoms with Crippen LogP contribution in [-0.2, 0) is 0 Å². The molecule has 0 fully saturated rings. The predicted molar refractivity (Wildman–Crippen MR) is 130 cm³/mol. The summed E-state index contributed by atoms with van der Waals surface area (Å²) in [5.74, 6) is 0.692. The van der Waals surface area contributed by atoms with Gasteiger partial charge in [0.05, 0.1) is 28.6 Å². The van der Waals surface area contributed by atoms with Gasteiger partial charge in [-0.05, 0) is 42.0 Å². The first kappa shape index (κ1) is 19.1. The minimum Gasteiger partial charge on any atom is -0.376 e. The Morgan fingerprint density at radius 3 is 2.48 bits per heavy atom. The van der Waals surface area contributed by atoms with Crippen LogP contribution in [0.4, 0.5) is 5.69 Å². The molecule has 5 heterocycles. The highest BCUT2D eigenvalue weighted by Gasteiger charge is 2.16. The summed E-state index contributed by atoms with van der Waals surface area (Å²) < 4.78 is 0. The smallest absolute Gasteiger partial charge is 0.159 e. The molecule has 160 valence electrons. The quantitative estimate of drug-likeness (QED) is 0.419.